The average Bonchev–Trinajstić information content (AvgIpc) is 3.36. The fourth-order valence-electron chi connectivity index (χ4n) is 5.77. The van der Waals surface area contributed by atoms with E-state index in [0.29, 0.717) is 6.04 Å². The van der Waals surface area contributed by atoms with Crippen LogP contribution < -0.4 is 15.1 Å². The molecule has 0 aliphatic carbocycles. The van der Waals surface area contributed by atoms with Crippen molar-refractivity contribution in [3.63, 3.8) is 0 Å². The summed E-state index contributed by atoms with van der Waals surface area (Å²) >= 11 is 0. The zero-order valence-electron chi connectivity index (χ0n) is 22.0. The van der Waals surface area contributed by atoms with Gasteiger partial charge in [-0.15, -0.1) is 0 Å². The van der Waals surface area contributed by atoms with Crippen molar-refractivity contribution in [3.05, 3.63) is 30.6 Å². The maximum absolute atomic E-state index is 5.55. The van der Waals surface area contributed by atoms with Gasteiger partial charge in [-0.25, -0.2) is 15.0 Å². The Morgan fingerprint density at radius 2 is 1.51 bits per heavy atom. The molecule has 10 nitrogen and oxygen atoms in total. The summed E-state index contributed by atoms with van der Waals surface area (Å²) in [6.45, 7) is 13.6. The molecule has 3 aliphatic heterocycles. The first-order valence-electron chi connectivity index (χ1n) is 13.7. The van der Waals surface area contributed by atoms with Gasteiger partial charge in [-0.1, -0.05) is 0 Å². The topological polar surface area (TPSA) is 83.8 Å². The van der Waals surface area contributed by atoms with E-state index in [1.165, 1.54) is 5.69 Å². The van der Waals surface area contributed by atoms with Gasteiger partial charge >= 0.3 is 0 Å². The molecule has 2 aromatic heterocycles. The van der Waals surface area contributed by atoms with Crippen LogP contribution in [0.25, 0.3) is 11.2 Å². The van der Waals surface area contributed by atoms with Crippen molar-refractivity contribution in [3.8, 4) is 0 Å². The summed E-state index contributed by atoms with van der Waals surface area (Å²) in [5.74, 6) is 1.74. The maximum Gasteiger partial charge on any atom is 0.208 e. The summed E-state index contributed by atoms with van der Waals surface area (Å²) in [7, 11) is 0. The van der Waals surface area contributed by atoms with Crippen LogP contribution in [0.2, 0.25) is 0 Å². The molecule has 3 aliphatic rings. The molecule has 3 aromatic rings. The molecule has 1 aromatic carbocycles. The second-order valence-corrected chi connectivity index (χ2v) is 10.4. The number of morpholine rings is 2. The smallest absolute Gasteiger partial charge is 0.208 e. The highest BCUT2D eigenvalue weighted by atomic mass is 16.5. The molecular formula is C27H38N8O2. The highest BCUT2D eigenvalue weighted by Crippen LogP contribution is 2.32. The minimum atomic E-state index is 0.243. The largest absolute Gasteiger partial charge is 0.379 e. The normalized spacial score (nSPS) is 20.2. The highest BCUT2D eigenvalue weighted by molar-refractivity contribution is 5.87. The Hall–Kier alpha value is -2.95. The van der Waals surface area contributed by atoms with Gasteiger partial charge < -0.3 is 24.6 Å². The number of piperidine rings is 1. The number of anilines is 4. The molecule has 10 heteroatoms. The molecule has 1 N–H and O–H groups in total. The number of ether oxygens (including phenoxy) is 2. The van der Waals surface area contributed by atoms with Crippen LogP contribution in [0.3, 0.4) is 0 Å². The highest BCUT2D eigenvalue weighted by Gasteiger charge is 2.29. The van der Waals surface area contributed by atoms with E-state index in [4.69, 9.17) is 14.5 Å². The van der Waals surface area contributed by atoms with E-state index in [-0.39, 0.29) is 6.04 Å². The summed E-state index contributed by atoms with van der Waals surface area (Å²) in [4.78, 5) is 21.8. The quantitative estimate of drug-likeness (QED) is 0.541. The van der Waals surface area contributed by atoms with Crippen LogP contribution in [0.15, 0.2) is 30.6 Å². The number of rotatable bonds is 6. The van der Waals surface area contributed by atoms with Crippen molar-refractivity contribution in [2.75, 3.05) is 80.8 Å². The summed E-state index contributed by atoms with van der Waals surface area (Å²) in [5.41, 5.74) is 3.90. The Bertz CT molecular complexity index is 1180. The Balaban J connectivity index is 1.22. The van der Waals surface area contributed by atoms with E-state index in [9.17, 15) is 0 Å². The predicted octanol–water partition coefficient (Wildman–Crippen LogP) is 3.29. The molecule has 0 saturated carbocycles. The second-order valence-electron chi connectivity index (χ2n) is 10.4. The minimum absolute atomic E-state index is 0.243. The number of benzene rings is 1. The molecule has 0 atom stereocenters. The number of fused-ring (bicyclic) bond motifs is 1. The van der Waals surface area contributed by atoms with Gasteiger partial charge in [-0.3, -0.25) is 9.47 Å². The summed E-state index contributed by atoms with van der Waals surface area (Å²) in [6, 6.07) is 9.40. The van der Waals surface area contributed by atoms with Crippen LogP contribution in [-0.2, 0) is 9.47 Å². The van der Waals surface area contributed by atoms with Gasteiger partial charge in [0.1, 0.15) is 6.33 Å². The van der Waals surface area contributed by atoms with Gasteiger partial charge in [0.15, 0.2) is 17.0 Å². The average molecular weight is 507 g/mol. The summed E-state index contributed by atoms with van der Waals surface area (Å²) in [5, 5.41) is 3.50. The number of hydrogen-bond acceptors (Lipinski definition) is 9. The number of imidazole rings is 1. The predicted molar refractivity (Wildman–Crippen MR) is 146 cm³/mol. The van der Waals surface area contributed by atoms with Crippen LogP contribution in [0.5, 0.6) is 0 Å². The Kier molecular flexibility index (Phi) is 7.12. The number of nitrogens with zero attached hydrogens (tertiary/aromatic N) is 7. The third-order valence-electron chi connectivity index (χ3n) is 7.79. The lowest BCUT2D eigenvalue weighted by Crippen LogP contribution is -2.49. The van der Waals surface area contributed by atoms with Crippen molar-refractivity contribution in [1.82, 2.24) is 24.4 Å². The first-order valence-corrected chi connectivity index (χ1v) is 13.7. The zero-order valence-corrected chi connectivity index (χ0v) is 22.0. The third kappa shape index (κ3) is 5.10. The SMILES string of the molecule is CC(C)n1c(N2CCC(N3CCOCC3)CC2)nc2c(Nc3ccc(N4CCOCC4)cc3)ncnc21. The van der Waals surface area contributed by atoms with Gasteiger partial charge in [0.25, 0.3) is 0 Å². The Labute approximate surface area is 218 Å². The van der Waals surface area contributed by atoms with Crippen LogP contribution in [0, 0.1) is 0 Å². The van der Waals surface area contributed by atoms with Gasteiger partial charge in [0.2, 0.25) is 5.95 Å². The maximum atomic E-state index is 5.55. The first-order chi connectivity index (χ1) is 18.2. The molecule has 6 rings (SSSR count). The van der Waals surface area contributed by atoms with E-state index >= 15 is 0 Å². The van der Waals surface area contributed by atoms with Crippen molar-refractivity contribution < 1.29 is 9.47 Å². The lowest BCUT2D eigenvalue weighted by atomic mass is 10.0. The number of hydrogen-bond donors (Lipinski definition) is 1. The Morgan fingerprint density at radius 3 is 2.19 bits per heavy atom. The fourth-order valence-corrected chi connectivity index (χ4v) is 5.77. The van der Waals surface area contributed by atoms with Crippen molar-refractivity contribution in [2.24, 2.45) is 0 Å². The molecule has 0 spiro atoms. The molecule has 3 fully saturated rings. The molecule has 0 radical (unpaired) electrons. The van der Waals surface area contributed by atoms with E-state index in [1.54, 1.807) is 6.33 Å². The summed E-state index contributed by atoms with van der Waals surface area (Å²) in [6.07, 6.45) is 3.93. The molecule has 0 amide bonds. The first kappa shape index (κ1) is 24.4. The van der Waals surface area contributed by atoms with Crippen molar-refractivity contribution in [2.45, 2.75) is 38.8 Å². The van der Waals surface area contributed by atoms with Crippen LogP contribution >= 0.6 is 0 Å². The number of nitrogens with one attached hydrogen (secondary N) is 1. The van der Waals surface area contributed by atoms with E-state index in [1.807, 2.05) is 0 Å². The third-order valence-corrected chi connectivity index (χ3v) is 7.79. The monoisotopic (exact) mass is 506 g/mol. The van der Waals surface area contributed by atoms with E-state index in [0.717, 1.165) is 107 Å². The lowest BCUT2D eigenvalue weighted by Gasteiger charge is -2.40. The minimum Gasteiger partial charge on any atom is -0.379 e. The summed E-state index contributed by atoms with van der Waals surface area (Å²) < 4.78 is 13.3. The van der Waals surface area contributed by atoms with Gasteiger partial charge in [-0.2, -0.15) is 0 Å². The molecule has 198 valence electrons. The Morgan fingerprint density at radius 1 is 0.838 bits per heavy atom. The standard InChI is InChI=1S/C27H38N8O2/c1-20(2)35-26-24(31-27(35)34-9-7-23(8-10-34)33-13-17-37-18-14-33)25(28-19-29-26)30-21-3-5-22(6-4-21)32-11-15-36-16-12-32/h3-6,19-20,23H,7-18H2,1-2H3,(H,28,29,30). The molecule has 3 saturated heterocycles. The number of aromatic nitrogens is 4. The zero-order chi connectivity index (χ0) is 25.2. The van der Waals surface area contributed by atoms with E-state index < -0.39 is 0 Å². The second kappa shape index (κ2) is 10.8. The van der Waals surface area contributed by atoms with Gasteiger partial charge in [0, 0.05) is 62.7 Å². The van der Waals surface area contributed by atoms with Gasteiger partial charge in [-0.05, 0) is 51.0 Å². The fraction of sp³-hybridized carbons (Fsp3) is 0.593. The van der Waals surface area contributed by atoms with E-state index in [2.05, 4.69) is 72.7 Å². The molecular weight excluding hydrogens is 468 g/mol. The lowest BCUT2D eigenvalue weighted by molar-refractivity contribution is 0.0114. The molecule has 0 bridgehead atoms. The van der Waals surface area contributed by atoms with Crippen LogP contribution in [-0.4, -0.2) is 96.2 Å². The van der Waals surface area contributed by atoms with Crippen LogP contribution in [0.4, 0.5) is 23.1 Å². The molecule has 5 heterocycles. The molecule has 0 unspecified atom stereocenters. The van der Waals surface area contributed by atoms with Gasteiger partial charge in [0.05, 0.1) is 26.4 Å². The van der Waals surface area contributed by atoms with Crippen molar-refractivity contribution >= 4 is 34.3 Å². The molecule has 37 heavy (non-hydrogen) atoms. The van der Waals surface area contributed by atoms with Crippen LogP contribution in [0.1, 0.15) is 32.7 Å². The van der Waals surface area contributed by atoms with Crippen molar-refractivity contribution in [1.29, 1.82) is 0 Å².